The lowest BCUT2D eigenvalue weighted by molar-refractivity contribution is 0.0523. The molecule has 0 N–H and O–H groups in total. The number of amides is 1. The Morgan fingerprint density at radius 1 is 0.974 bits per heavy atom. The lowest BCUT2D eigenvalue weighted by atomic mass is 10.1. The van der Waals surface area contributed by atoms with Crippen LogP contribution in [0.15, 0.2) is 94.8 Å². The van der Waals surface area contributed by atoms with Gasteiger partial charge in [0.25, 0.3) is 11.5 Å². The molecule has 0 aliphatic carbocycles. The average Bonchev–Trinajstić information content (AvgIpc) is 2.93. The van der Waals surface area contributed by atoms with Crippen molar-refractivity contribution >= 4 is 28.6 Å². The van der Waals surface area contributed by atoms with Gasteiger partial charge in [-0.1, -0.05) is 54.1 Å². The molecule has 38 heavy (non-hydrogen) atoms. The second-order valence-electron chi connectivity index (χ2n) is 8.86. The van der Waals surface area contributed by atoms with Crippen LogP contribution in [0.25, 0.3) is 16.7 Å². The normalized spacial score (nSPS) is 11.7. The van der Waals surface area contributed by atoms with E-state index in [1.165, 1.54) is 10.5 Å². The summed E-state index contributed by atoms with van der Waals surface area (Å²) in [5, 5.41) is 0.228. The molecule has 5 rings (SSSR count). The summed E-state index contributed by atoms with van der Waals surface area (Å²) in [7, 11) is 0. The molecule has 8 nitrogen and oxygen atoms in total. The molecule has 5 aromatic rings. The number of aryl methyl sites for hydroxylation is 3. The Balaban J connectivity index is 1.83. The molecule has 0 fully saturated rings. The van der Waals surface area contributed by atoms with Crippen LogP contribution in [0.2, 0.25) is 0 Å². The highest BCUT2D eigenvalue weighted by Crippen LogP contribution is 2.13. The Morgan fingerprint density at radius 3 is 2.45 bits per heavy atom. The number of esters is 1. The number of hydrogen-bond acceptors (Lipinski definition) is 5. The standard InChI is InChI=1S/C30H26N4O4/c1-3-38-30(37)24-19-23-26(31-25-11-7-8-17-33(25)29(23)36)34(18-16-21-9-5-4-6-10-21)27(24)32-28(35)22-14-12-20(2)13-15-22/h4-15,17,19H,3,16,18H2,1-2H3. The summed E-state index contributed by atoms with van der Waals surface area (Å²) in [6.07, 6.45) is 2.19. The third-order valence-electron chi connectivity index (χ3n) is 6.26. The van der Waals surface area contributed by atoms with Crippen LogP contribution in [0.3, 0.4) is 0 Å². The van der Waals surface area contributed by atoms with Crippen molar-refractivity contribution in [2.75, 3.05) is 6.61 Å². The minimum Gasteiger partial charge on any atom is -0.462 e. The molecule has 2 aromatic carbocycles. The molecule has 0 aliphatic heterocycles. The van der Waals surface area contributed by atoms with Crippen LogP contribution in [-0.2, 0) is 17.7 Å². The van der Waals surface area contributed by atoms with E-state index < -0.39 is 11.9 Å². The molecule has 0 saturated carbocycles. The zero-order chi connectivity index (χ0) is 26.6. The van der Waals surface area contributed by atoms with E-state index in [4.69, 9.17) is 9.72 Å². The minimum atomic E-state index is -0.670. The Hall–Kier alpha value is -4.85. The predicted molar refractivity (Wildman–Crippen MR) is 144 cm³/mol. The molecule has 0 saturated heterocycles. The number of nitrogens with zero attached hydrogens (tertiary/aromatic N) is 4. The zero-order valence-electron chi connectivity index (χ0n) is 21.1. The number of carbonyl (C=O) groups excluding carboxylic acids is 2. The lowest BCUT2D eigenvalue weighted by Crippen LogP contribution is -2.33. The number of ether oxygens (including phenoxy) is 1. The molecule has 3 aromatic heterocycles. The number of fused-ring (bicyclic) bond motifs is 2. The van der Waals surface area contributed by atoms with Crippen LogP contribution in [-0.4, -0.2) is 32.4 Å². The Morgan fingerprint density at radius 2 is 1.71 bits per heavy atom. The van der Waals surface area contributed by atoms with E-state index in [2.05, 4.69) is 4.99 Å². The van der Waals surface area contributed by atoms with Gasteiger partial charge in [0.1, 0.15) is 16.9 Å². The number of rotatable bonds is 6. The minimum absolute atomic E-state index is 0.0302. The highest BCUT2D eigenvalue weighted by molar-refractivity contribution is 5.97. The molecule has 3 heterocycles. The maximum Gasteiger partial charge on any atom is 0.341 e. The van der Waals surface area contributed by atoms with Crippen molar-refractivity contribution in [3.63, 3.8) is 0 Å². The van der Waals surface area contributed by atoms with Crippen LogP contribution in [0, 0.1) is 6.92 Å². The monoisotopic (exact) mass is 506 g/mol. The maximum absolute atomic E-state index is 13.5. The van der Waals surface area contributed by atoms with E-state index in [9.17, 15) is 14.4 Å². The summed E-state index contributed by atoms with van der Waals surface area (Å²) in [5.41, 5.74) is 3.01. The van der Waals surface area contributed by atoms with Crippen molar-refractivity contribution in [1.29, 1.82) is 0 Å². The van der Waals surface area contributed by atoms with Crippen LogP contribution in [0.1, 0.15) is 38.8 Å². The van der Waals surface area contributed by atoms with Crippen molar-refractivity contribution in [2.24, 2.45) is 4.99 Å². The van der Waals surface area contributed by atoms with E-state index in [-0.39, 0.29) is 28.6 Å². The molecular formula is C30H26N4O4. The Bertz CT molecular complexity index is 1790. The molecule has 190 valence electrons. The topological polar surface area (TPSA) is 95.0 Å². The van der Waals surface area contributed by atoms with Gasteiger partial charge in [0.15, 0.2) is 5.49 Å². The van der Waals surface area contributed by atoms with Crippen molar-refractivity contribution in [1.82, 2.24) is 14.0 Å². The summed E-state index contributed by atoms with van der Waals surface area (Å²) in [6, 6.07) is 23.5. The van der Waals surface area contributed by atoms with Crippen molar-refractivity contribution in [3.05, 3.63) is 123 Å². The third-order valence-corrected chi connectivity index (χ3v) is 6.26. The molecular weight excluding hydrogens is 480 g/mol. The molecule has 0 bridgehead atoms. The van der Waals surface area contributed by atoms with Gasteiger partial charge in [0, 0.05) is 18.3 Å². The molecule has 8 heteroatoms. The second kappa shape index (κ2) is 10.6. The average molecular weight is 507 g/mol. The number of carbonyl (C=O) groups is 2. The fourth-order valence-electron chi connectivity index (χ4n) is 4.31. The van der Waals surface area contributed by atoms with Crippen molar-refractivity contribution in [3.8, 4) is 0 Å². The molecule has 0 aliphatic rings. The molecule has 0 spiro atoms. The molecule has 0 unspecified atom stereocenters. The summed E-state index contributed by atoms with van der Waals surface area (Å²) in [5.74, 6) is -1.18. The maximum atomic E-state index is 13.5. The first-order valence-corrected chi connectivity index (χ1v) is 12.4. The van der Waals surface area contributed by atoms with Gasteiger partial charge in [-0.05, 0) is 56.2 Å². The van der Waals surface area contributed by atoms with E-state index in [1.807, 2.05) is 49.4 Å². The fraction of sp³-hybridized carbons (Fsp3) is 0.167. The Labute approximate surface area is 218 Å². The summed E-state index contributed by atoms with van der Waals surface area (Å²) < 4.78 is 8.41. The van der Waals surface area contributed by atoms with Gasteiger partial charge < -0.3 is 9.30 Å². The highest BCUT2D eigenvalue weighted by Gasteiger charge is 2.20. The van der Waals surface area contributed by atoms with Gasteiger partial charge >= 0.3 is 5.97 Å². The summed E-state index contributed by atoms with van der Waals surface area (Å²) in [6.45, 7) is 4.07. The number of benzene rings is 2. The van der Waals surface area contributed by atoms with Gasteiger partial charge in [-0.25, -0.2) is 9.78 Å². The Kier molecular flexibility index (Phi) is 6.95. The number of hydrogen-bond donors (Lipinski definition) is 0. The fourth-order valence-corrected chi connectivity index (χ4v) is 4.31. The number of pyridine rings is 2. The van der Waals surface area contributed by atoms with Gasteiger partial charge in [-0.15, -0.1) is 0 Å². The molecule has 1 amide bonds. The van der Waals surface area contributed by atoms with Gasteiger partial charge in [0.05, 0.1) is 12.0 Å². The zero-order valence-corrected chi connectivity index (χ0v) is 21.1. The van der Waals surface area contributed by atoms with Crippen molar-refractivity contribution in [2.45, 2.75) is 26.8 Å². The van der Waals surface area contributed by atoms with Crippen molar-refractivity contribution < 1.29 is 14.3 Å². The first-order chi connectivity index (χ1) is 18.5. The summed E-state index contributed by atoms with van der Waals surface area (Å²) in [4.78, 5) is 49.1. The van der Waals surface area contributed by atoms with Crippen LogP contribution < -0.4 is 11.0 Å². The summed E-state index contributed by atoms with van der Waals surface area (Å²) >= 11 is 0. The lowest BCUT2D eigenvalue weighted by Gasteiger charge is -2.15. The van der Waals surface area contributed by atoms with E-state index in [0.29, 0.717) is 29.8 Å². The van der Waals surface area contributed by atoms with Crippen LogP contribution in [0.5, 0.6) is 0 Å². The first-order valence-electron chi connectivity index (χ1n) is 12.4. The molecule has 0 radical (unpaired) electrons. The second-order valence-corrected chi connectivity index (χ2v) is 8.86. The smallest absolute Gasteiger partial charge is 0.341 e. The number of aromatic nitrogens is 3. The highest BCUT2D eigenvalue weighted by atomic mass is 16.5. The largest absolute Gasteiger partial charge is 0.462 e. The van der Waals surface area contributed by atoms with Crippen LogP contribution >= 0.6 is 0 Å². The van der Waals surface area contributed by atoms with E-state index in [1.54, 1.807) is 48.0 Å². The SMILES string of the molecule is CCOC(=O)c1cc2c(=O)n3ccccc3nc2n(CCc2ccccc2)c1=NC(=O)c1ccc(C)cc1. The molecule has 0 atom stereocenters. The van der Waals surface area contributed by atoms with Crippen LogP contribution in [0.4, 0.5) is 0 Å². The predicted octanol–water partition coefficient (Wildman–Crippen LogP) is 4.12. The quantitative estimate of drug-likeness (QED) is 0.255. The van der Waals surface area contributed by atoms with Gasteiger partial charge in [0.2, 0.25) is 0 Å². The first kappa shape index (κ1) is 24.8. The third kappa shape index (κ3) is 4.88. The van der Waals surface area contributed by atoms with E-state index >= 15 is 0 Å². The van der Waals surface area contributed by atoms with E-state index in [0.717, 1.165) is 11.1 Å². The van der Waals surface area contributed by atoms with Gasteiger partial charge in [-0.2, -0.15) is 4.99 Å². The van der Waals surface area contributed by atoms with Gasteiger partial charge in [-0.3, -0.25) is 14.0 Å².